The van der Waals surface area contributed by atoms with Gasteiger partial charge in [0, 0.05) is 50.5 Å². The fourth-order valence-corrected chi connectivity index (χ4v) is 7.27. The van der Waals surface area contributed by atoms with Crippen LogP contribution < -0.4 is 0 Å². The monoisotopic (exact) mass is 538 g/mol. The zero-order valence-electron chi connectivity index (χ0n) is 23.3. The number of hydrogen-bond donors (Lipinski definition) is 0. The molecule has 0 N–H and O–H groups in total. The summed E-state index contributed by atoms with van der Waals surface area (Å²) in [4.78, 5) is 15.0. The van der Waals surface area contributed by atoms with E-state index in [1.807, 2.05) is 24.4 Å². The van der Waals surface area contributed by atoms with E-state index in [0.29, 0.717) is 0 Å². The summed E-state index contributed by atoms with van der Waals surface area (Å²) in [5.41, 5.74) is 9.26. The lowest BCUT2D eigenvalue weighted by molar-refractivity contribution is 0.666. The third-order valence-electron chi connectivity index (χ3n) is 9.04. The number of benzene rings is 5. The van der Waals surface area contributed by atoms with Crippen LogP contribution in [0.5, 0.6) is 0 Å². The number of aromatic nitrogens is 4. The first kappa shape index (κ1) is 23.4. The van der Waals surface area contributed by atoms with Gasteiger partial charge in [0.2, 0.25) is 0 Å². The van der Waals surface area contributed by atoms with Crippen LogP contribution in [0, 0.1) is 0 Å². The second-order valence-corrected chi connectivity index (χ2v) is 11.7. The van der Waals surface area contributed by atoms with E-state index in [2.05, 4.69) is 121 Å². The first-order valence-corrected chi connectivity index (χ1v) is 14.4. The highest BCUT2D eigenvalue weighted by molar-refractivity contribution is 6.27. The summed E-state index contributed by atoms with van der Waals surface area (Å²) < 4.78 is 2.40. The molecule has 42 heavy (non-hydrogen) atoms. The van der Waals surface area contributed by atoms with Crippen molar-refractivity contribution in [2.45, 2.75) is 19.3 Å². The molecule has 0 saturated carbocycles. The third kappa shape index (κ3) is 2.98. The van der Waals surface area contributed by atoms with E-state index in [0.717, 1.165) is 33.6 Å². The van der Waals surface area contributed by atoms with Crippen molar-refractivity contribution in [3.63, 3.8) is 0 Å². The average Bonchev–Trinajstić information content (AvgIpc) is 3.51. The van der Waals surface area contributed by atoms with Crippen LogP contribution in [0.1, 0.15) is 25.0 Å². The third-order valence-corrected chi connectivity index (χ3v) is 9.04. The van der Waals surface area contributed by atoms with E-state index < -0.39 is 0 Å². The largest absolute Gasteiger partial charge is 0.292 e. The predicted octanol–water partition coefficient (Wildman–Crippen LogP) is 9.25. The summed E-state index contributed by atoms with van der Waals surface area (Å²) in [6.45, 7) is 4.69. The number of rotatable bonds is 2. The second-order valence-electron chi connectivity index (χ2n) is 11.7. The molecule has 0 spiro atoms. The Bertz CT molecular complexity index is 2380. The normalized spacial score (nSPS) is 13.7. The Morgan fingerprint density at radius 3 is 2.26 bits per heavy atom. The van der Waals surface area contributed by atoms with Gasteiger partial charge in [-0.05, 0) is 46.3 Å². The standard InChI is InChI=1S/C38H26N4/c1-38(2)29-17-9-6-14-25(29)33-34(38)28-22-39-21-20-24(28)32-27-16-8-11-19-31(27)42(35(32)33)37-26-15-7-10-18-30(26)40-36(41-37)23-12-4-3-5-13-23/h3-22H,1-2H3. The molecule has 5 aromatic carbocycles. The number of para-hydroxylation sites is 2. The summed E-state index contributed by atoms with van der Waals surface area (Å²) in [7, 11) is 0. The van der Waals surface area contributed by atoms with Crippen molar-refractivity contribution in [3.8, 4) is 28.3 Å². The van der Waals surface area contributed by atoms with E-state index >= 15 is 0 Å². The highest BCUT2D eigenvalue weighted by Gasteiger charge is 2.40. The summed E-state index contributed by atoms with van der Waals surface area (Å²) in [5, 5.41) is 5.89. The number of pyridine rings is 1. The van der Waals surface area contributed by atoms with Crippen LogP contribution in [-0.2, 0) is 5.41 Å². The van der Waals surface area contributed by atoms with E-state index in [1.54, 1.807) is 0 Å². The van der Waals surface area contributed by atoms with Crippen LogP contribution in [0.25, 0.3) is 71.8 Å². The fraction of sp³-hybridized carbons (Fsp3) is 0.0789. The molecule has 0 fully saturated rings. The molecule has 0 atom stereocenters. The van der Waals surface area contributed by atoms with Crippen molar-refractivity contribution >= 4 is 43.5 Å². The predicted molar refractivity (Wildman–Crippen MR) is 172 cm³/mol. The molecule has 4 heteroatoms. The van der Waals surface area contributed by atoms with Crippen molar-refractivity contribution in [3.05, 3.63) is 133 Å². The summed E-state index contributed by atoms with van der Waals surface area (Å²) in [6, 6.07) is 38.4. The maximum Gasteiger partial charge on any atom is 0.162 e. The highest BCUT2D eigenvalue weighted by atomic mass is 15.1. The molecule has 0 saturated heterocycles. The highest BCUT2D eigenvalue weighted by Crippen LogP contribution is 2.56. The molecule has 0 radical (unpaired) electrons. The van der Waals surface area contributed by atoms with Crippen LogP contribution in [0.3, 0.4) is 0 Å². The lowest BCUT2D eigenvalue weighted by atomic mass is 9.80. The Kier molecular flexibility index (Phi) is 4.64. The minimum atomic E-state index is -0.189. The molecular formula is C38H26N4. The topological polar surface area (TPSA) is 43.6 Å². The number of nitrogens with zero attached hydrogens (tertiary/aromatic N) is 4. The van der Waals surface area contributed by atoms with Gasteiger partial charge in [0.1, 0.15) is 5.82 Å². The van der Waals surface area contributed by atoms with Gasteiger partial charge in [-0.1, -0.05) is 98.8 Å². The van der Waals surface area contributed by atoms with Crippen LogP contribution in [0.2, 0.25) is 0 Å². The molecule has 4 nitrogen and oxygen atoms in total. The SMILES string of the molecule is CC1(C)c2ccccc2-c2c1c1cnccc1c1c3ccccc3n(-c3nc(-c4ccccc4)nc4ccccc34)c21. The Labute approximate surface area is 242 Å². The van der Waals surface area contributed by atoms with Crippen molar-refractivity contribution in [2.24, 2.45) is 0 Å². The lowest BCUT2D eigenvalue weighted by Crippen LogP contribution is -2.15. The van der Waals surface area contributed by atoms with Crippen molar-refractivity contribution < 1.29 is 0 Å². The molecule has 3 aromatic heterocycles. The Morgan fingerprint density at radius 1 is 0.643 bits per heavy atom. The van der Waals surface area contributed by atoms with Gasteiger partial charge in [0.15, 0.2) is 5.82 Å². The van der Waals surface area contributed by atoms with Gasteiger partial charge < -0.3 is 0 Å². The lowest BCUT2D eigenvalue weighted by Gasteiger charge is -2.23. The number of fused-ring (bicyclic) bond motifs is 11. The molecule has 1 aliphatic rings. The minimum Gasteiger partial charge on any atom is -0.292 e. The summed E-state index contributed by atoms with van der Waals surface area (Å²) in [5.74, 6) is 1.61. The van der Waals surface area contributed by atoms with Gasteiger partial charge >= 0.3 is 0 Å². The van der Waals surface area contributed by atoms with Gasteiger partial charge in [-0.3, -0.25) is 9.55 Å². The van der Waals surface area contributed by atoms with Gasteiger partial charge in [0.25, 0.3) is 0 Å². The van der Waals surface area contributed by atoms with Crippen LogP contribution in [-0.4, -0.2) is 19.5 Å². The Morgan fingerprint density at radius 2 is 1.38 bits per heavy atom. The molecule has 0 amide bonds. The molecule has 3 heterocycles. The Hall–Kier alpha value is -5.35. The maximum atomic E-state index is 5.35. The summed E-state index contributed by atoms with van der Waals surface area (Å²) in [6.07, 6.45) is 3.98. The molecule has 8 aromatic rings. The van der Waals surface area contributed by atoms with Gasteiger partial charge in [0.05, 0.1) is 16.6 Å². The average molecular weight is 539 g/mol. The first-order valence-electron chi connectivity index (χ1n) is 14.4. The molecule has 0 unspecified atom stereocenters. The van der Waals surface area contributed by atoms with E-state index in [4.69, 9.17) is 9.97 Å². The van der Waals surface area contributed by atoms with E-state index in [9.17, 15) is 0 Å². The fourth-order valence-electron chi connectivity index (χ4n) is 7.27. The van der Waals surface area contributed by atoms with Crippen molar-refractivity contribution in [2.75, 3.05) is 0 Å². The second kappa shape index (κ2) is 8.34. The smallest absolute Gasteiger partial charge is 0.162 e. The van der Waals surface area contributed by atoms with Crippen molar-refractivity contribution in [1.82, 2.24) is 19.5 Å². The van der Waals surface area contributed by atoms with Crippen LogP contribution in [0.15, 0.2) is 122 Å². The van der Waals surface area contributed by atoms with Crippen LogP contribution >= 0.6 is 0 Å². The number of hydrogen-bond acceptors (Lipinski definition) is 3. The Balaban J connectivity index is 1.56. The zero-order chi connectivity index (χ0) is 28.0. The van der Waals surface area contributed by atoms with Crippen LogP contribution in [0.4, 0.5) is 0 Å². The zero-order valence-corrected chi connectivity index (χ0v) is 23.3. The van der Waals surface area contributed by atoms with Gasteiger partial charge in [-0.15, -0.1) is 0 Å². The summed E-state index contributed by atoms with van der Waals surface area (Å²) >= 11 is 0. The molecule has 0 bridgehead atoms. The van der Waals surface area contributed by atoms with E-state index in [-0.39, 0.29) is 5.41 Å². The maximum absolute atomic E-state index is 5.35. The molecule has 198 valence electrons. The molecule has 9 rings (SSSR count). The molecule has 1 aliphatic carbocycles. The van der Waals surface area contributed by atoms with Gasteiger partial charge in [-0.2, -0.15) is 0 Å². The molecular weight excluding hydrogens is 512 g/mol. The minimum absolute atomic E-state index is 0.189. The quantitative estimate of drug-likeness (QED) is 0.220. The van der Waals surface area contributed by atoms with E-state index in [1.165, 1.54) is 49.3 Å². The first-order chi connectivity index (χ1) is 20.6. The molecule has 0 aliphatic heterocycles. The van der Waals surface area contributed by atoms with Crippen molar-refractivity contribution in [1.29, 1.82) is 0 Å². The van der Waals surface area contributed by atoms with Gasteiger partial charge in [-0.25, -0.2) is 9.97 Å².